The second-order valence-electron chi connectivity index (χ2n) is 3.90. The number of pyridine rings is 1. The monoisotopic (exact) mass is 357 g/mol. The largest absolute Gasteiger partial charge is 0.495 e. The van der Waals surface area contributed by atoms with Gasteiger partial charge in [-0.15, -0.1) is 0 Å². The van der Waals surface area contributed by atoms with E-state index in [0.717, 1.165) is 4.47 Å². The zero-order chi connectivity index (χ0) is 14.7. The van der Waals surface area contributed by atoms with Crippen LogP contribution in [0.5, 0.6) is 11.5 Å². The number of nitrogens with one attached hydrogen (secondary N) is 1. The first-order valence-corrected chi connectivity index (χ1v) is 6.81. The molecule has 0 aliphatic rings. The Morgan fingerprint density at radius 2 is 1.90 bits per heavy atom. The highest BCUT2D eigenvalue weighted by Gasteiger charge is 2.12. The minimum Gasteiger partial charge on any atom is -0.495 e. The molecule has 2 aromatic rings. The van der Waals surface area contributed by atoms with E-state index in [1.165, 1.54) is 0 Å². The first-order valence-electron chi connectivity index (χ1n) is 5.64. The Morgan fingerprint density at radius 1 is 1.20 bits per heavy atom. The van der Waals surface area contributed by atoms with E-state index in [4.69, 9.17) is 26.8 Å². The van der Waals surface area contributed by atoms with Crippen LogP contribution in [0.3, 0.4) is 0 Å². The summed E-state index contributed by atoms with van der Waals surface area (Å²) >= 11 is 9.37. The number of nitrogens with two attached hydrogens (primary N) is 1. The SMILES string of the molecule is COc1cc(Nc2ncc(Br)cc2N)c(OC)cc1Cl. The molecule has 0 aliphatic carbocycles. The molecule has 1 aromatic heterocycles. The van der Waals surface area contributed by atoms with E-state index in [-0.39, 0.29) is 0 Å². The Kier molecular flexibility index (Phi) is 4.57. The average molecular weight is 359 g/mol. The van der Waals surface area contributed by atoms with Crippen LogP contribution < -0.4 is 20.5 Å². The first kappa shape index (κ1) is 14.7. The predicted octanol–water partition coefficient (Wildman–Crippen LogP) is 3.84. The quantitative estimate of drug-likeness (QED) is 0.869. The molecule has 0 saturated carbocycles. The summed E-state index contributed by atoms with van der Waals surface area (Å²) in [5, 5.41) is 3.56. The lowest BCUT2D eigenvalue weighted by molar-refractivity contribution is 0.405. The molecule has 0 radical (unpaired) electrons. The van der Waals surface area contributed by atoms with E-state index in [0.29, 0.717) is 33.7 Å². The van der Waals surface area contributed by atoms with Crippen LogP contribution in [0, 0.1) is 0 Å². The molecular weight excluding hydrogens is 346 g/mol. The van der Waals surface area contributed by atoms with Gasteiger partial charge < -0.3 is 20.5 Å². The van der Waals surface area contributed by atoms with Gasteiger partial charge in [-0.05, 0) is 22.0 Å². The van der Waals surface area contributed by atoms with Crippen LogP contribution in [0.15, 0.2) is 28.9 Å². The van der Waals surface area contributed by atoms with Crippen molar-refractivity contribution in [1.82, 2.24) is 4.98 Å². The van der Waals surface area contributed by atoms with E-state index in [1.54, 1.807) is 38.6 Å². The molecule has 0 aliphatic heterocycles. The van der Waals surface area contributed by atoms with E-state index in [2.05, 4.69) is 26.2 Å². The maximum atomic E-state index is 6.06. The molecule has 0 amide bonds. The molecule has 3 N–H and O–H groups in total. The van der Waals surface area contributed by atoms with Crippen LogP contribution in [0.4, 0.5) is 17.2 Å². The van der Waals surface area contributed by atoms with Gasteiger partial charge in [0.15, 0.2) is 5.82 Å². The van der Waals surface area contributed by atoms with E-state index in [9.17, 15) is 0 Å². The van der Waals surface area contributed by atoms with Gasteiger partial charge in [0.2, 0.25) is 0 Å². The van der Waals surface area contributed by atoms with Gasteiger partial charge in [0.1, 0.15) is 11.5 Å². The lowest BCUT2D eigenvalue weighted by Crippen LogP contribution is -2.01. The molecule has 0 saturated heterocycles. The maximum Gasteiger partial charge on any atom is 0.153 e. The molecule has 0 spiro atoms. The number of benzene rings is 1. The molecule has 1 aromatic carbocycles. The summed E-state index contributed by atoms with van der Waals surface area (Å²) < 4.78 is 11.3. The fraction of sp³-hybridized carbons (Fsp3) is 0.154. The minimum atomic E-state index is 0.464. The molecule has 106 valence electrons. The summed E-state index contributed by atoms with van der Waals surface area (Å²) in [6.45, 7) is 0. The minimum absolute atomic E-state index is 0.464. The van der Waals surface area contributed by atoms with Crippen LogP contribution >= 0.6 is 27.5 Å². The first-order chi connectivity index (χ1) is 9.55. The van der Waals surface area contributed by atoms with E-state index in [1.807, 2.05) is 0 Å². The van der Waals surface area contributed by atoms with Crippen LogP contribution in [0.1, 0.15) is 0 Å². The molecule has 0 bridgehead atoms. The number of nitrogen functional groups attached to an aromatic ring is 1. The predicted molar refractivity (Wildman–Crippen MR) is 84.2 cm³/mol. The summed E-state index contributed by atoms with van der Waals surface area (Å²) in [6, 6.07) is 5.15. The molecule has 2 rings (SSSR count). The third-order valence-electron chi connectivity index (χ3n) is 2.61. The summed E-state index contributed by atoms with van der Waals surface area (Å²) in [6.07, 6.45) is 1.65. The molecule has 0 unspecified atom stereocenters. The number of rotatable bonds is 4. The fourth-order valence-electron chi connectivity index (χ4n) is 1.65. The Balaban J connectivity index is 2.41. The van der Waals surface area contributed by atoms with Gasteiger partial charge in [0.25, 0.3) is 0 Å². The third kappa shape index (κ3) is 3.08. The van der Waals surface area contributed by atoms with Gasteiger partial charge in [-0.3, -0.25) is 0 Å². The number of halogens is 2. The number of nitrogens with zero attached hydrogens (tertiary/aromatic N) is 1. The second-order valence-corrected chi connectivity index (χ2v) is 5.23. The van der Waals surface area contributed by atoms with Crippen LogP contribution in [-0.4, -0.2) is 19.2 Å². The number of methoxy groups -OCH3 is 2. The Morgan fingerprint density at radius 3 is 2.50 bits per heavy atom. The number of anilines is 3. The van der Waals surface area contributed by atoms with Crippen LogP contribution in [0.2, 0.25) is 5.02 Å². The second kappa shape index (κ2) is 6.19. The van der Waals surface area contributed by atoms with Crippen molar-refractivity contribution in [2.24, 2.45) is 0 Å². The summed E-state index contributed by atoms with van der Waals surface area (Å²) in [5.74, 6) is 1.63. The van der Waals surface area contributed by atoms with Crippen molar-refractivity contribution in [2.75, 3.05) is 25.3 Å². The molecule has 0 atom stereocenters. The van der Waals surface area contributed by atoms with Crippen molar-refractivity contribution < 1.29 is 9.47 Å². The van der Waals surface area contributed by atoms with E-state index < -0.39 is 0 Å². The number of aromatic nitrogens is 1. The highest BCUT2D eigenvalue weighted by Crippen LogP contribution is 2.37. The average Bonchev–Trinajstić information content (AvgIpc) is 2.43. The number of hydrogen-bond acceptors (Lipinski definition) is 5. The number of ether oxygens (including phenoxy) is 2. The normalized spacial score (nSPS) is 10.2. The summed E-state index contributed by atoms with van der Waals surface area (Å²) in [7, 11) is 3.10. The molecule has 1 heterocycles. The van der Waals surface area contributed by atoms with Crippen LogP contribution in [-0.2, 0) is 0 Å². The maximum absolute atomic E-state index is 6.06. The molecule has 5 nitrogen and oxygen atoms in total. The van der Waals surface area contributed by atoms with Gasteiger partial charge in [-0.25, -0.2) is 4.98 Å². The molecule has 0 fully saturated rings. The summed E-state index contributed by atoms with van der Waals surface area (Å²) in [5.41, 5.74) is 7.08. The molecule has 20 heavy (non-hydrogen) atoms. The summed E-state index contributed by atoms with van der Waals surface area (Å²) in [4.78, 5) is 4.21. The lowest BCUT2D eigenvalue weighted by Gasteiger charge is -2.14. The zero-order valence-electron chi connectivity index (χ0n) is 10.9. The fourth-order valence-corrected chi connectivity index (χ4v) is 2.22. The number of hydrogen-bond donors (Lipinski definition) is 2. The smallest absolute Gasteiger partial charge is 0.153 e. The van der Waals surface area contributed by atoms with Crippen molar-refractivity contribution in [1.29, 1.82) is 0 Å². The van der Waals surface area contributed by atoms with Crippen molar-refractivity contribution in [3.63, 3.8) is 0 Å². The van der Waals surface area contributed by atoms with Crippen molar-refractivity contribution in [2.45, 2.75) is 0 Å². The molecular formula is C13H13BrClN3O2. The van der Waals surface area contributed by atoms with Gasteiger partial charge in [0.05, 0.1) is 30.6 Å². The van der Waals surface area contributed by atoms with Gasteiger partial charge in [0, 0.05) is 22.8 Å². The standard InChI is InChI=1S/C13H13BrClN3O2/c1-19-11-5-10(12(20-2)4-8(11)15)18-13-9(16)3-7(14)6-17-13/h3-6H,16H2,1-2H3,(H,17,18). The van der Waals surface area contributed by atoms with E-state index >= 15 is 0 Å². The van der Waals surface area contributed by atoms with Gasteiger partial charge in [-0.2, -0.15) is 0 Å². The third-order valence-corrected chi connectivity index (χ3v) is 3.34. The van der Waals surface area contributed by atoms with Crippen molar-refractivity contribution >= 4 is 44.7 Å². The highest BCUT2D eigenvalue weighted by molar-refractivity contribution is 9.10. The van der Waals surface area contributed by atoms with Crippen molar-refractivity contribution in [3.05, 3.63) is 33.9 Å². The Hall–Kier alpha value is -1.66. The van der Waals surface area contributed by atoms with Crippen LogP contribution in [0.25, 0.3) is 0 Å². The topological polar surface area (TPSA) is 69.4 Å². The Bertz CT molecular complexity index is 637. The van der Waals surface area contributed by atoms with Crippen molar-refractivity contribution in [3.8, 4) is 11.5 Å². The highest BCUT2D eigenvalue weighted by atomic mass is 79.9. The zero-order valence-corrected chi connectivity index (χ0v) is 13.2. The van der Waals surface area contributed by atoms with Gasteiger partial charge >= 0.3 is 0 Å². The molecule has 7 heteroatoms. The lowest BCUT2D eigenvalue weighted by atomic mass is 10.2. The van der Waals surface area contributed by atoms with Gasteiger partial charge in [-0.1, -0.05) is 11.6 Å². The Labute approximate surface area is 130 Å².